The Morgan fingerprint density at radius 3 is 1.82 bits per heavy atom. The van der Waals surface area contributed by atoms with E-state index in [1.54, 1.807) is 0 Å². The van der Waals surface area contributed by atoms with Gasteiger partial charge in [-0.15, -0.1) is 0 Å². The summed E-state index contributed by atoms with van der Waals surface area (Å²) < 4.78 is 75.4. The molecule has 0 amide bonds. The lowest BCUT2D eigenvalue weighted by molar-refractivity contribution is -0.253. The highest BCUT2D eigenvalue weighted by molar-refractivity contribution is 7.80. The van der Waals surface area contributed by atoms with Gasteiger partial charge in [0.05, 0.1) is 0 Å². The van der Waals surface area contributed by atoms with Crippen LogP contribution < -0.4 is 0 Å². The molecule has 0 saturated carbocycles. The molecule has 4 nitrogen and oxygen atoms in total. The van der Waals surface area contributed by atoms with E-state index in [4.69, 9.17) is 0 Å². The Morgan fingerprint density at radius 1 is 1.36 bits per heavy atom. The zero-order valence-electron chi connectivity index (χ0n) is 4.63. The summed E-state index contributed by atoms with van der Waals surface area (Å²) in [6, 6.07) is 0. The summed E-state index contributed by atoms with van der Waals surface area (Å²) in [5, 5.41) is 0. The molecule has 0 aromatic heterocycles. The fourth-order valence-corrected chi connectivity index (χ4v) is 0.517. The second-order valence-electron chi connectivity index (χ2n) is 1.35. The molecule has 9 heteroatoms. The van der Waals surface area contributed by atoms with Gasteiger partial charge in [0.15, 0.2) is 0 Å². The SMILES string of the molecule is O=S(=O)([O-])OC(F)(F)C(F)F. The fourth-order valence-electron chi connectivity index (χ4n) is 0.172. The van der Waals surface area contributed by atoms with E-state index >= 15 is 0 Å². The summed E-state index contributed by atoms with van der Waals surface area (Å²) in [6.45, 7) is 0. The third-order valence-corrected chi connectivity index (χ3v) is 0.894. The van der Waals surface area contributed by atoms with Crippen LogP contribution in [0.5, 0.6) is 0 Å². The van der Waals surface area contributed by atoms with Crippen molar-refractivity contribution in [3.63, 3.8) is 0 Å². The summed E-state index contributed by atoms with van der Waals surface area (Å²) in [6.07, 6.45) is -9.60. The van der Waals surface area contributed by atoms with E-state index in [9.17, 15) is 30.5 Å². The molecule has 0 aromatic rings. The molecule has 0 aliphatic carbocycles. The Balaban J connectivity index is 4.38. The molecule has 0 bridgehead atoms. The minimum Gasteiger partial charge on any atom is -0.725 e. The molecule has 0 aromatic carbocycles. The van der Waals surface area contributed by atoms with E-state index in [0.29, 0.717) is 0 Å². The summed E-state index contributed by atoms with van der Waals surface area (Å²) in [7, 11) is -5.81. The first kappa shape index (κ1) is 10.6. The molecule has 0 saturated heterocycles. The van der Waals surface area contributed by atoms with E-state index < -0.39 is 22.9 Å². The van der Waals surface area contributed by atoms with Crippen LogP contribution in [-0.4, -0.2) is 25.5 Å². The molecule has 68 valence electrons. The normalized spacial score (nSPS) is 14.0. The summed E-state index contributed by atoms with van der Waals surface area (Å²) in [5.74, 6) is 0. The minimum absolute atomic E-state index is 2.22. The van der Waals surface area contributed by atoms with Crippen LogP contribution in [0.4, 0.5) is 17.6 Å². The van der Waals surface area contributed by atoms with Crippen molar-refractivity contribution in [1.29, 1.82) is 0 Å². The predicted octanol–water partition coefficient (Wildman–Crippen LogP) is 0.321. The highest BCUT2D eigenvalue weighted by Crippen LogP contribution is 2.25. The third kappa shape index (κ3) is 4.11. The molecular formula is C2HF4O4S-. The van der Waals surface area contributed by atoms with Gasteiger partial charge in [0.1, 0.15) is 0 Å². The molecule has 0 spiro atoms. The van der Waals surface area contributed by atoms with Crippen LogP contribution in [-0.2, 0) is 14.6 Å². The van der Waals surface area contributed by atoms with Gasteiger partial charge in [0, 0.05) is 0 Å². The van der Waals surface area contributed by atoms with Crippen LogP contribution in [0, 0.1) is 0 Å². The lowest BCUT2D eigenvalue weighted by atomic mass is 10.7. The zero-order chi connectivity index (χ0) is 9.28. The number of rotatable bonds is 3. The maximum Gasteiger partial charge on any atom is 0.429 e. The summed E-state index contributed by atoms with van der Waals surface area (Å²) in [5.41, 5.74) is 0. The monoisotopic (exact) mass is 197 g/mol. The average Bonchev–Trinajstić information content (AvgIpc) is 1.56. The van der Waals surface area contributed by atoms with Crippen molar-refractivity contribution in [2.24, 2.45) is 0 Å². The molecule has 0 aliphatic heterocycles. The topological polar surface area (TPSA) is 66.4 Å². The van der Waals surface area contributed by atoms with E-state index in [0.717, 1.165) is 0 Å². The Kier molecular flexibility index (Phi) is 2.80. The molecule has 0 radical (unpaired) electrons. The highest BCUT2D eigenvalue weighted by atomic mass is 32.3. The van der Waals surface area contributed by atoms with E-state index in [1.165, 1.54) is 0 Å². The first-order valence-corrected chi connectivity index (χ1v) is 3.31. The van der Waals surface area contributed by atoms with Crippen LogP contribution in [0.2, 0.25) is 0 Å². The van der Waals surface area contributed by atoms with Gasteiger partial charge in [-0.2, -0.15) is 8.78 Å². The van der Waals surface area contributed by atoms with Gasteiger partial charge in [-0.05, 0) is 0 Å². The van der Waals surface area contributed by atoms with Crippen molar-refractivity contribution in [3.8, 4) is 0 Å². The van der Waals surface area contributed by atoms with Crippen LogP contribution in [0.3, 0.4) is 0 Å². The van der Waals surface area contributed by atoms with Gasteiger partial charge in [-0.25, -0.2) is 21.4 Å². The average molecular weight is 197 g/mol. The fraction of sp³-hybridized carbons (Fsp3) is 1.00. The Hall–Kier alpha value is -0.410. The molecule has 0 fully saturated rings. The van der Waals surface area contributed by atoms with Crippen molar-refractivity contribution < 1.29 is 34.7 Å². The van der Waals surface area contributed by atoms with Crippen molar-refractivity contribution in [1.82, 2.24) is 0 Å². The number of alkyl halides is 4. The first-order valence-electron chi connectivity index (χ1n) is 1.97. The Labute approximate surface area is 58.7 Å². The number of halogens is 4. The van der Waals surface area contributed by atoms with Gasteiger partial charge in [0.2, 0.25) is 10.4 Å². The molecule has 0 unspecified atom stereocenters. The molecule has 0 heterocycles. The second kappa shape index (κ2) is 2.91. The quantitative estimate of drug-likeness (QED) is 0.371. The highest BCUT2D eigenvalue weighted by Gasteiger charge is 2.44. The van der Waals surface area contributed by atoms with Gasteiger partial charge < -0.3 is 4.55 Å². The van der Waals surface area contributed by atoms with Gasteiger partial charge in [-0.3, -0.25) is 0 Å². The minimum atomic E-state index is -5.81. The predicted molar refractivity (Wildman–Crippen MR) is 21.7 cm³/mol. The van der Waals surface area contributed by atoms with Crippen molar-refractivity contribution in [2.45, 2.75) is 12.5 Å². The van der Waals surface area contributed by atoms with E-state index in [-0.39, 0.29) is 0 Å². The standard InChI is InChI=1S/C2H2F4O4S/c3-1(4)2(5,6)10-11(7,8)9/h1H,(H,7,8,9)/p-1. The van der Waals surface area contributed by atoms with Crippen molar-refractivity contribution >= 4 is 10.4 Å². The number of hydrogen-bond acceptors (Lipinski definition) is 4. The van der Waals surface area contributed by atoms with Gasteiger partial charge >= 0.3 is 12.5 Å². The lowest BCUT2D eigenvalue weighted by Gasteiger charge is -2.16. The molecule has 0 aliphatic rings. The third-order valence-electron chi connectivity index (χ3n) is 0.467. The van der Waals surface area contributed by atoms with E-state index in [1.807, 2.05) is 0 Å². The first-order chi connectivity index (χ1) is 4.65. The molecule has 11 heavy (non-hydrogen) atoms. The zero-order valence-corrected chi connectivity index (χ0v) is 5.45. The largest absolute Gasteiger partial charge is 0.725 e. The van der Waals surface area contributed by atoms with E-state index in [2.05, 4.69) is 4.18 Å². The molecular weight excluding hydrogens is 196 g/mol. The molecule has 0 N–H and O–H groups in total. The van der Waals surface area contributed by atoms with Crippen molar-refractivity contribution in [2.75, 3.05) is 0 Å². The summed E-state index contributed by atoms with van der Waals surface area (Å²) in [4.78, 5) is 0. The van der Waals surface area contributed by atoms with Gasteiger partial charge in [-0.1, -0.05) is 0 Å². The maximum absolute atomic E-state index is 11.5. The smallest absolute Gasteiger partial charge is 0.429 e. The van der Waals surface area contributed by atoms with Gasteiger partial charge in [0.25, 0.3) is 0 Å². The second-order valence-corrected chi connectivity index (χ2v) is 2.34. The maximum atomic E-state index is 11.5. The molecule has 0 rings (SSSR count). The molecule has 0 atom stereocenters. The Morgan fingerprint density at radius 2 is 1.73 bits per heavy atom. The number of hydrogen-bond donors (Lipinski definition) is 0. The Bertz CT molecular complexity index is 220. The van der Waals surface area contributed by atoms with Crippen LogP contribution in [0.25, 0.3) is 0 Å². The van der Waals surface area contributed by atoms with Crippen LogP contribution >= 0.6 is 0 Å². The summed E-state index contributed by atoms with van der Waals surface area (Å²) >= 11 is 0. The van der Waals surface area contributed by atoms with Crippen LogP contribution in [0.15, 0.2) is 0 Å². The van der Waals surface area contributed by atoms with Crippen molar-refractivity contribution in [3.05, 3.63) is 0 Å². The van der Waals surface area contributed by atoms with Crippen LogP contribution in [0.1, 0.15) is 0 Å². The lowest BCUT2D eigenvalue weighted by Crippen LogP contribution is -2.32.